The van der Waals surface area contributed by atoms with Crippen molar-refractivity contribution in [3.63, 3.8) is 0 Å². The smallest absolute Gasteiger partial charge is 0.0244 e. The summed E-state index contributed by atoms with van der Waals surface area (Å²) in [5.74, 6) is 2.72. The molecular formula is C13H17NS. The van der Waals surface area contributed by atoms with Gasteiger partial charge < -0.3 is 0 Å². The molecule has 1 aromatic heterocycles. The molecule has 80 valence electrons. The van der Waals surface area contributed by atoms with Crippen molar-refractivity contribution >= 4 is 11.3 Å². The van der Waals surface area contributed by atoms with Gasteiger partial charge in [0.25, 0.3) is 0 Å². The molecule has 1 aromatic rings. The summed E-state index contributed by atoms with van der Waals surface area (Å²) in [7, 11) is 0. The summed E-state index contributed by atoms with van der Waals surface area (Å²) < 4.78 is 0. The maximum atomic E-state index is 5.28. The molecule has 0 radical (unpaired) electrons. The van der Waals surface area contributed by atoms with E-state index in [-0.39, 0.29) is 0 Å². The molecule has 0 N–H and O–H groups in total. The Morgan fingerprint density at radius 1 is 1.53 bits per heavy atom. The van der Waals surface area contributed by atoms with Crippen LogP contribution in [-0.2, 0) is 6.54 Å². The van der Waals surface area contributed by atoms with E-state index in [0.29, 0.717) is 0 Å². The van der Waals surface area contributed by atoms with Gasteiger partial charge in [-0.25, -0.2) is 0 Å². The van der Waals surface area contributed by atoms with Crippen molar-refractivity contribution in [2.45, 2.75) is 38.3 Å². The minimum atomic E-state index is 0.836. The lowest BCUT2D eigenvalue weighted by Gasteiger charge is -2.20. The first-order chi connectivity index (χ1) is 7.40. The van der Waals surface area contributed by atoms with E-state index in [0.717, 1.165) is 32.0 Å². The van der Waals surface area contributed by atoms with Gasteiger partial charge in [-0.1, -0.05) is 0 Å². The maximum Gasteiger partial charge on any atom is 0.0244 e. The fourth-order valence-electron chi connectivity index (χ4n) is 1.83. The third-order valence-corrected chi connectivity index (χ3v) is 3.53. The molecule has 1 nitrogen and oxygen atoms in total. The third-order valence-electron chi connectivity index (χ3n) is 2.80. The summed E-state index contributed by atoms with van der Waals surface area (Å²) in [6, 6.07) is 3.06. The zero-order valence-electron chi connectivity index (χ0n) is 8.98. The molecule has 1 aliphatic carbocycles. The molecule has 1 aliphatic rings. The van der Waals surface area contributed by atoms with E-state index in [1.165, 1.54) is 18.4 Å². The fraction of sp³-hybridized carbons (Fsp3) is 0.538. The monoisotopic (exact) mass is 219 g/mol. The largest absolute Gasteiger partial charge is 0.296 e. The predicted molar refractivity (Wildman–Crippen MR) is 65.8 cm³/mol. The molecule has 2 rings (SSSR count). The molecule has 0 amide bonds. The topological polar surface area (TPSA) is 3.24 Å². The first-order valence-electron chi connectivity index (χ1n) is 5.59. The number of rotatable bonds is 6. The van der Waals surface area contributed by atoms with Crippen molar-refractivity contribution in [1.82, 2.24) is 4.90 Å². The van der Waals surface area contributed by atoms with Crippen LogP contribution in [0.4, 0.5) is 0 Å². The molecule has 15 heavy (non-hydrogen) atoms. The van der Waals surface area contributed by atoms with Gasteiger partial charge in [-0.3, -0.25) is 4.90 Å². The minimum Gasteiger partial charge on any atom is -0.296 e. The van der Waals surface area contributed by atoms with Gasteiger partial charge in [0.15, 0.2) is 0 Å². The van der Waals surface area contributed by atoms with Crippen molar-refractivity contribution in [3.8, 4) is 12.3 Å². The molecule has 0 unspecified atom stereocenters. The van der Waals surface area contributed by atoms with Crippen LogP contribution in [0.3, 0.4) is 0 Å². The van der Waals surface area contributed by atoms with Gasteiger partial charge in [-0.15, -0.1) is 12.3 Å². The van der Waals surface area contributed by atoms with E-state index >= 15 is 0 Å². The molecular weight excluding hydrogens is 202 g/mol. The third kappa shape index (κ3) is 3.37. The van der Waals surface area contributed by atoms with E-state index in [2.05, 4.69) is 27.6 Å². The quantitative estimate of drug-likeness (QED) is 0.525. The summed E-state index contributed by atoms with van der Waals surface area (Å²) in [5.41, 5.74) is 1.45. The number of nitrogens with zero attached hydrogens (tertiary/aromatic N) is 1. The second-order valence-electron chi connectivity index (χ2n) is 4.14. The number of thiophene rings is 1. The van der Waals surface area contributed by atoms with Crippen molar-refractivity contribution in [3.05, 3.63) is 22.4 Å². The number of hydrogen-bond acceptors (Lipinski definition) is 2. The molecule has 0 saturated heterocycles. The van der Waals surface area contributed by atoms with E-state index in [1.807, 2.05) is 0 Å². The number of unbranched alkanes of at least 4 members (excludes halogenated alkanes) is 1. The van der Waals surface area contributed by atoms with Crippen molar-refractivity contribution in [1.29, 1.82) is 0 Å². The Kier molecular flexibility index (Phi) is 3.82. The molecule has 0 aromatic carbocycles. The number of hydrogen-bond donors (Lipinski definition) is 0. The fourth-order valence-corrected chi connectivity index (χ4v) is 2.49. The summed E-state index contributed by atoms with van der Waals surface area (Å²) >= 11 is 1.78. The van der Waals surface area contributed by atoms with E-state index < -0.39 is 0 Å². The molecule has 0 atom stereocenters. The van der Waals surface area contributed by atoms with Gasteiger partial charge in [0.2, 0.25) is 0 Å². The lowest BCUT2D eigenvalue weighted by Crippen LogP contribution is -2.26. The Morgan fingerprint density at radius 2 is 2.40 bits per heavy atom. The Labute approximate surface area is 96.1 Å². The van der Waals surface area contributed by atoms with Crippen LogP contribution >= 0.6 is 11.3 Å². The van der Waals surface area contributed by atoms with E-state index in [9.17, 15) is 0 Å². The van der Waals surface area contributed by atoms with Gasteiger partial charge in [-0.05, 0) is 48.2 Å². The van der Waals surface area contributed by atoms with Crippen LogP contribution in [0.2, 0.25) is 0 Å². The summed E-state index contributed by atoms with van der Waals surface area (Å²) in [6.07, 6.45) is 10.1. The number of terminal acetylenes is 1. The highest BCUT2D eigenvalue weighted by Crippen LogP contribution is 2.28. The van der Waals surface area contributed by atoms with Gasteiger partial charge in [0.1, 0.15) is 0 Å². The van der Waals surface area contributed by atoms with E-state index in [4.69, 9.17) is 6.42 Å². The highest BCUT2D eigenvalue weighted by atomic mass is 32.1. The van der Waals surface area contributed by atoms with Crippen LogP contribution in [-0.4, -0.2) is 17.5 Å². The summed E-state index contributed by atoms with van der Waals surface area (Å²) in [6.45, 7) is 2.27. The molecule has 2 heteroatoms. The molecule has 1 saturated carbocycles. The minimum absolute atomic E-state index is 0.836. The van der Waals surface area contributed by atoms with Crippen LogP contribution in [0.15, 0.2) is 16.8 Å². The molecule has 1 fully saturated rings. The average molecular weight is 219 g/mol. The van der Waals surface area contributed by atoms with Gasteiger partial charge in [-0.2, -0.15) is 11.3 Å². The second kappa shape index (κ2) is 5.34. The highest BCUT2D eigenvalue weighted by Gasteiger charge is 2.28. The average Bonchev–Trinajstić information content (AvgIpc) is 2.97. The molecule has 0 aliphatic heterocycles. The standard InChI is InChI=1S/C13H17NS/c1-2-3-4-8-14(13-5-6-13)10-12-7-9-15-11-12/h1,7,9,11,13H,3-6,8,10H2. The van der Waals surface area contributed by atoms with Crippen LogP contribution in [0.5, 0.6) is 0 Å². The maximum absolute atomic E-state index is 5.28. The van der Waals surface area contributed by atoms with Gasteiger partial charge in [0, 0.05) is 19.0 Å². The Hall–Kier alpha value is -0.780. The van der Waals surface area contributed by atoms with Crippen molar-refractivity contribution in [2.75, 3.05) is 6.54 Å². The van der Waals surface area contributed by atoms with Crippen LogP contribution in [0, 0.1) is 12.3 Å². The van der Waals surface area contributed by atoms with Crippen LogP contribution in [0.25, 0.3) is 0 Å². The first kappa shape index (κ1) is 10.7. The lowest BCUT2D eigenvalue weighted by atomic mass is 10.2. The Balaban J connectivity index is 1.81. The van der Waals surface area contributed by atoms with Crippen LogP contribution < -0.4 is 0 Å². The lowest BCUT2D eigenvalue weighted by molar-refractivity contribution is 0.253. The Bertz CT molecular complexity index is 319. The second-order valence-corrected chi connectivity index (χ2v) is 4.92. The molecule has 1 heterocycles. The van der Waals surface area contributed by atoms with Crippen molar-refractivity contribution < 1.29 is 0 Å². The van der Waals surface area contributed by atoms with Gasteiger partial charge >= 0.3 is 0 Å². The predicted octanol–water partition coefficient (Wildman–Crippen LogP) is 3.13. The zero-order chi connectivity index (χ0) is 10.5. The Morgan fingerprint density at radius 3 is 3.00 bits per heavy atom. The summed E-state index contributed by atoms with van der Waals surface area (Å²) in [4.78, 5) is 2.58. The summed E-state index contributed by atoms with van der Waals surface area (Å²) in [5, 5.41) is 4.40. The van der Waals surface area contributed by atoms with Crippen LogP contribution in [0.1, 0.15) is 31.2 Å². The van der Waals surface area contributed by atoms with Gasteiger partial charge in [0.05, 0.1) is 0 Å². The SMILES string of the molecule is C#CCCCN(Cc1ccsc1)C1CC1. The highest BCUT2D eigenvalue weighted by molar-refractivity contribution is 7.07. The molecule has 0 spiro atoms. The zero-order valence-corrected chi connectivity index (χ0v) is 9.80. The normalized spacial score (nSPS) is 15.5. The van der Waals surface area contributed by atoms with Crippen molar-refractivity contribution in [2.24, 2.45) is 0 Å². The first-order valence-corrected chi connectivity index (χ1v) is 6.53. The van der Waals surface area contributed by atoms with E-state index in [1.54, 1.807) is 11.3 Å². The molecule has 0 bridgehead atoms.